The molecule has 0 atom stereocenters. The monoisotopic (exact) mass is 315 g/mol. The molecule has 0 saturated carbocycles. The van der Waals surface area contributed by atoms with Gasteiger partial charge in [-0.3, -0.25) is 18.9 Å². The van der Waals surface area contributed by atoms with Gasteiger partial charge in [-0.2, -0.15) is 0 Å². The van der Waals surface area contributed by atoms with Crippen LogP contribution in [0.4, 0.5) is 0 Å². The van der Waals surface area contributed by atoms with E-state index < -0.39 is 0 Å². The largest absolute Gasteiger partial charge is 0.330 e. The second-order valence-electron chi connectivity index (χ2n) is 5.19. The number of fused-ring (bicyclic) bond motifs is 1. The summed E-state index contributed by atoms with van der Waals surface area (Å²) in [6, 6.07) is 8.95. The van der Waals surface area contributed by atoms with E-state index in [1.54, 1.807) is 19.2 Å². The van der Waals surface area contributed by atoms with Gasteiger partial charge in [-0.1, -0.05) is 29.8 Å². The number of aryl methyl sites for hydroxylation is 2. The second-order valence-corrected chi connectivity index (χ2v) is 5.60. The molecule has 6 heteroatoms. The summed E-state index contributed by atoms with van der Waals surface area (Å²) >= 11 is 6.26. The van der Waals surface area contributed by atoms with Gasteiger partial charge >= 0.3 is 5.69 Å². The van der Waals surface area contributed by atoms with E-state index in [1.807, 2.05) is 25.1 Å². The quantitative estimate of drug-likeness (QED) is 0.692. The van der Waals surface area contributed by atoms with Crippen molar-refractivity contribution >= 4 is 22.5 Å². The predicted molar refractivity (Wildman–Crippen MR) is 87.4 cm³/mol. The standard InChI is InChI=1S/C16H14ClN3O2/c1-9-8-12-13(15(21)20(3)16(22)19(12)2)14(18-9)10-6-4-5-7-11(10)17/h4-8H,1-3H3. The predicted octanol–water partition coefficient (Wildman–Crippen LogP) is 2.26. The molecule has 0 unspecified atom stereocenters. The summed E-state index contributed by atoms with van der Waals surface area (Å²) in [6.07, 6.45) is 0. The van der Waals surface area contributed by atoms with Crippen molar-refractivity contribution in [3.63, 3.8) is 0 Å². The molecule has 0 N–H and O–H groups in total. The Bertz CT molecular complexity index is 1020. The lowest BCUT2D eigenvalue weighted by molar-refractivity contribution is 0.713. The summed E-state index contributed by atoms with van der Waals surface area (Å²) in [4.78, 5) is 29.2. The highest BCUT2D eigenvalue weighted by Gasteiger charge is 2.17. The Kier molecular flexibility index (Phi) is 3.37. The molecule has 0 aliphatic heterocycles. The molecule has 2 aromatic heterocycles. The number of halogens is 1. The van der Waals surface area contributed by atoms with Crippen LogP contribution in [0, 0.1) is 6.92 Å². The van der Waals surface area contributed by atoms with Gasteiger partial charge < -0.3 is 0 Å². The molecule has 0 fully saturated rings. The van der Waals surface area contributed by atoms with Gasteiger partial charge in [0.25, 0.3) is 5.56 Å². The van der Waals surface area contributed by atoms with Gasteiger partial charge in [-0.15, -0.1) is 0 Å². The first kappa shape index (κ1) is 14.5. The maximum atomic E-state index is 12.6. The average Bonchev–Trinajstić information content (AvgIpc) is 2.50. The van der Waals surface area contributed by atoms with E-state index >= 15 is 0 Å². The van der Waals surface area contributed by atoms with Crippen LogP contribution in [0.25, 0.3) is 22.2 Å². The fraction of sp³-hybridized carbons (Fsp3) is 0.188. The van der Waals surface area contributed by atoms with Crippen LogP contribution in [0.5, 0.6) is 0 Å². The molecule has 5 nitrogen and oxygen atoms in total. The van der Waals surface area contributed by atoms with E-state index in [4.69, 9.17) is 11.6 Å². The van der Waals surface area contributed by atoms with Gasteiger partial charge in [0.05, 0.1) is 16.6 Å². The minimum Gasteiger partial charge on any atom is -0.296 e. The third-order valence-corrected chi connectivity index (χ3v) is 4.04. The molecule has 1 aromatic carbocycles. The fourth-order valence-corrected chi connectivity index (χ4v) is 2.79. The van der Waals surface area contributed by atoms with Crippen LogP contribution in [-0.2, 0) is 14.1 Å². The van der Waals surface area contributed by atoms with Crippen molar-refractivity contribution in [2.45, 2.75) is 6.92 Å². The molecule has 3 aromatic rings. The van der Waals surface area contributed by atoms with Crippen LogP contribution in [0.3, 0.4) is 0 Å². The van der Waals surface area contributed by atoms with E-state index in [2.05, 4.69) is 4.98 Å². The highest BCUT2D eigenvalue weighted by Crippen LogP contribution is 2.30. The third kappa shape index (κ3) is 2.05. The van der Waals surface area contributed by atoms with Gasteiger partial charge in [0, 0.05) is 30.4 Å². The molecule has 0 aliphatic rings. The Balaban J connectivity index is 2.60. The first-order valence-electron chi connectivity index (χ1n) is 6.74. The molecule has 3 rings (SSSR count). The van der Waals surface area contributed by atoms with E-state index in [1.165, 1.54) is 11.6 Å². The summed E-state index contributed by atoms with van der Waals surface area (Å²) in [6.45, 7) is 1.82. The highest BCUT2D eigenvalue weighted by atomic mass is 35.5. The normalized spacial score (nSPS) is 11.1. The Labute approximate surface area is 131 Å². The Morgan fingerprint density at radius 3 is 2.45 bits per heavy atom. The minimum absolute atomic E-state index is 0.367. The highest BCUT2D eigenvalue weighted by molar-refractivity contribution is 6.33. The number of nitrogens with zero attached hydrogens (tertiary/aromatic N) is 3. The maximum Gasteiger partial charge on any atom is 0.330 e. The van der Waals surface area contributed by atoms with Crippen molar-refractivity contribution in [3.8, 4) is 11.3 Å². The molecule has 0 aliphatic carbocycles. The zero-order valence-electron chi connectivity index (χ0n) is 12.4. The number of benzene rings is 1. The SMILES string of the molecule is Cc1cc2c(c(-c3ccccc3Cl)n1)c(=O)n(C)c(=O)n2C. The van der Waals surface area contributed by atoms with Crippen LogP contribution < -0.4 is 11.2 Å². The van der Waals surface area contributed by atoms with E-state index in [9.17, 15) is 9.59 Å². The molecule has 22 heavy (non-hydrogen) atoms. The Morgan fingerprint density at radius 2 is 1.77 bits per heavy atom. The molecule has 0 amide bonds. The maximum absolute atomic E-state index is 12.6. The van der Waals surface area contributed by atoms with Gasteiger partial charge in [0.1, 0.15) is 0 Å². The van der Waals surface area contributed by atoms with E-state index in [0.29, 0.717) is 32.9 Å². The molecule has 2 heterocycles. The molecule has 112 valence electrons. The van der Waals surface area contributed by atoms with Crippen LogP contribution >= 0.6 is 11.6 Å². The van der Waals surface area contributed by atoms with Crippen LogP contribution in [0.1, 0.15) is 5.69 Å². The first-order valence-corrected chi connectivity index (χ1v) is 7.12. The molecule has 0 saturated heterocycles. The fourth-order valence-electron chi connectivity index (χ4n) is 2.56. The topological polar surface area (TPSA) is 56.9 Å². The number of hydrogen-bond acceptors (Lipinski definition) is 3. The molecule has 0 spiro atoms. The van der Waals surface area contributed by atoms with Crippen molar-refractivity contribution in [3.05, 3.63) is 61.9 Å². The summed E-state index contributed by atoms with van der Waals surface area (Å²) in [5.74, 6) is 0. The van der Waals surface area contributed by atoms with Crippen molar-refractivity contribution in [1.29, 1.82) is 0 Å². The molecule has 0 bridgehead atoms. The lowest BCUT2D eigenvalue weighted by Gasteiger charge is -2.12. The van der Waals surface area contributed by atoms with Gasteiger partial charge in [-0.05, 0) is 19.1 Å². The minimum atomic E-state index is -0.375. The van der Waals surface area contributed by atoms with E-state index in [-0.39, 0.29) is 11.2 Å². The van der Waals surface area contributed by atoms with Gasteiger partial charge in [0.15, 0.2) is 0 Å². The zero-order chi connectivity index (χ0) is 16.0. The van der Waals surface area contributed by atoms with Crippen LogP contribution in [0.2, 0.25) is 5.02 Å². The van der Waals surface area contributed by atoms with Crippen LogP contribution in [-0.4, -0.2) is 14.1 Å². The Hall–Kier alpha value is -2.40. The van der Waals surface area contributed by atoms with Crippen LogP contribution in [0.15, 0.2) is 39.9 Å². The molecular formula is C16H14ClN3O2. The number of pyridine rings is 1. The van der Waals surface area contributed by atoms with Crippen molar-refractivity contribution in [2.75, 3.05) is 0 Å². The summed E-state index contributed by atoms with van der Waals surface area (Å²) < 4.78 is 2.53. The second kappa shape index (κ2) is 5.10. The van der Waals surface area contributed by atoms with Gasteiger partial charge in [-0.25, -0.2) is 4.79 Å². The third-order valence-electron chi connectivity index (χ3n) is 3.71. The lowest BCUT2D eigenvalue weighted by atomic mass is 10.1. The summed E-state index contributed by atoms with van der Waals surface area (Å²) in [5.41, 5.74) is 1.69. The zero-order valence-corrected chi connectivity index (χ0v) is 13.2. The smallest absolute Gasteiger partial charge is 0.296 e. The summed E-state index contributed by atoms with van der Waals surface area (Å²) in [5, 5.41) is 0.904. The van der Waals surface area contributed by atoms with Gasteiger partial charge in [0.2, 0.25) is 0 Å². The molecular weight excluding hydrogens is 302 g/mol. The average molecular weight is 316 g/mol. The van der Waals surface area contributed by atoms with Crippen molar-refractivity contribution in [1.82, 2.24) is 14.1 Å². The first-order chi connectivity index (χ1) is 10.4. The van der Waals surface area contributed by atoms with Crippen molar-refractivity contribution in [2.24, 2.45) is 14.1 Å². The number of rotatable bonds is 1. The molecule has 0 radical (unpaired) electrons. The lowest BCUT2D eigenvalue weighted by Crippen LogP contribution is -2.37. The van der Waals surface area contributed by atoms with E-state index in [0.717, 1.165) is 4.57 Å². The Morgan fingerprint density at radius 1 is 1.09 bits per heavy atom. The number of aromatic nitrogens is 3. The van der Waals surface area contributed by atoms with Crippen molar-refractivity contribution < 1.29 is 0 Å². The number of hydrogen-bond donors (Lipinski definition) is 0. The summed E-state index contributed by atoms with van der Waals surface area (Å²) in [7, 11) is 3.10.